The molecular weight excluding hydrogens is 432 g/mol. The summed E-state index contributed by atoms with van der Waals surface area (Å²) in [5.41, 5.74) is 8.14. The third kappa shape index (κ3) is 3.19. The van der Waals surface area contributed by atoms with Gasteiger partial charge in [-0.15, -0.1) is 0 Å². The summed E-state index contributed by atoms with van der Waals surface area (Å²) in [7, 11) is 0. The first-order valence-electron chi connectivity index (χ1n) is 11.5. The Labute approximate surface area is 201 Å². The smallest absolute Gasteiger partial charge is 0.163 e. The number of hydrogen-bond donors (Lipinski definition) is 0. The van der Waals surface area contributed by atoms with Crippen molar-refractivity contribution in [1.29, 1.82) is 0 Å². The van der Waals surface area contributed by atoms with Crippen molar-refractivity contribution in [2.45, 2.75) is 6.42 Å². The van der Waals surface area contributed by atoms with Crippen LogP contribution < -0.4 is 0 Å². The van der Waals surface area contributed by atoms with Gasteiger partial charge >= 0.3 is 0 Å². The number of fused-ring (bicyclic) bond motifs is 2. The van der Waals surface area contributed by atoms with Crippen molar-refractivity contribution in [2.24, 2.45) is 0 Å². The lowest BCUT2D eigenvalue weighted by Crippen LogP contribution is -1.90. The van der Waals surface area contributed by atoms with Gasteiger partial charge in [-0.2, -0.15) is 0 Å². The molecule has 166 valence electrons. The second-order valence-electron chi connectivity index (χ2n) is 8.47. The number of aromatic nitrogens is 6. The largest absolute Gasteiger partial charge is 0.298 e. The van der Waals surface area contributed by atoms with E-state index in [0.717, 1.165) is 51.9 Å². The second kappa shape index (κ2) is 7.88. The Morgan fingerprint density at radius 3 is 1.49 bits per heavy atom. The molecule has 0 saturated heterocycles. The third-order valence-electron chi connectivity index (χ3n) is 6.36. The number of rotatable bonds is 4. The molecule has 6 nitrogen and oxygen atoms in total. The van der Waals surface area contributed by atoms with E-state index in [9.17, 15) is 0 Å². The molecular formula is C29H20N6. The summed E-state index contributed by atoms with van der Waals surface area (Å²) < 4.78 is 4.23. The Kier molecular flexibility index (Phi) is 4.42. The zero-order valence-corrected chi connectivity index (χ0v) is 18.8. The molecule has 1 aliphatic rings. The highest BCUT2D eigenvalue weighted by atomic mass is 15.1. The minimum absolute atomic E-state index is 0.756. The van der Waals surface area contributed by atoms with Crippen molar-refractivity contribution in [1.82, 2.24) is 28.7 Å². The number of allylic oxidation sites excluding steroid dienone is 4. The van der Waals surface area contributed by atoms with Gasteiger partial charge in [0.2, 0.25) is 0 Å². The van der Waals surface area contributed by atoms with Gasteiger partial charge in [0.05, 0.1) is 22.4 Å². The molecule has 35 heavy (non-hydrogen) atoms. The fraction of sp³-hybridized carbons (Fsp3) is 0.0345. The molecule has 0 bridgehead atoms. The maximum Gasteiger partial charge on any atom is 0.163 e. The highest BCUT2D eigenvalue weighted by molar-refractivity contribution is 5.93. The van der Waals surface area contributed by atoms with E-state index in [2.05, 4.69) is 55.2 Å². The molecule has 0 unspecified atom stereocenters. The van der Waals surface area contributed by atoms with Crippen molar-refractivity contribution in [2.75, 3.05) is 0 Å². The van der Waals surface area contributed by atoms with Crippen LogP contribution in [0.4, 0.5) is 0 Å². The van der Waals surface area contributed by atoms with Gasteiger partial charge in [-0.25, -0.2) is 9.97 Å². The zero-order valence-electron chi connectivity index (χ0n) is 18.8. The van der Waals surface area contributed by atoms with Gasteiger partial charge in [-0.3, -0.25) is 18.8 Å². The van der Waals surface area contributed by atoms with Gasteiger partial charge in [0.1, 0.15) is 11.4 Å². The van der Waals surface area contributed by atoms with Crippen LogP contribution in [0.15, 0.2) is 110 Å². The van der Waals surface area contributed by atoms with Crippen LogP contribution in [0.3, 0.4) is 0 Å². The molecule has 6 heteroatoms. The number of hydrogen-bond acceptors (Lipinski definition) is 4. The summed E-state index contributed by atoms with van der Waals surface area (Å²) in [6.45, 7) is 0. The summed E-state index contributed by atoms with van der Waals surface area (Å²) in [4.78, 5) is 19.2. The minimum Gasteiger partial charge on any atom is -0.298 e. The van der Waals surface area contributed by atoms with Crippen LogP contribution in [-0.4, -0.2) is 28.7 Å². The number of nitrogens with zero attached hydrogens (tertiary/aromatic N) is 6. The van der Waals surface area contributed by atoms with Gasteiger partial charge in [0.15, 0.2) is 11.6 Å². The Hall–Kier alpha value is -4.84. The predicted octanol–water partition coefficient (Wildman–Crippen LogP) is 5.98. The molecule has 0 fully saturated rings. The van der Waals surface area contributed by atoms with Crippen LogP contribution in [0.25, 0.3) is 45.2 Å². The molecule has 6 aromatic heterocycles. The first kappa shape index (κ1) is 19.6. The summed E-state index contributed by atoms with van der Waals surface area (Å²) in [6.07, 6.45) is 12.8. The monoisotopic (exact) mass is 452 g/mol. The Morgan fingerprint density at radius 2 is 1.03 bits per heavy atom. The lowest BCUT2D eigenvalue weighted by Gasteiger charge is -2.03. The Bertz CT molecular complexity index is 1630. The Morgan fingerprint density at radius 1 is 0.543 bits per heavy atom. The van der Waals surface area contributed by atoms with Crippen LogP contribution >= 0.6 is 0 Å². The van der Waals surface area contributed by atoms with Crippen molar-refractivity contribution in [3.05, 3.63) is 121 Å². The summed E-state index contributed by atoms with van der Waals surface area (Å²) in [5.74, 6) is 1.69. The molecule has 0 aliphatic heterocycles. The highest BCUT2D eigenvalue weighted by Crippen LogP contribution is 2.38. The van der Waals surface area contributed by atoms with Crippen LogP contribution in [0.5, 0.6) is 0 Å². The Balaban J connectivity index is 1.29. The molecule has 0 amide bonds. The summed E-state index contributed by atoms with van der Waals surface area (Å²) >= 11 is 0. The molecule has 1 aliphatic carbocycles. The van der Waals surface area contributed by atoms with E-state index in [-0.39, 0.29) is 0 Å². The van der Waals surface area contributed by atoms with Crippen molar-refractivity contribution < 1.29 is 0 Å². The zero-order chi connectivity index (χ0) is 23.2. The van der Waals surface area contributed by atoms with Gasteiger partial charge in [0, 0.05) is 31.2 Å². The number of pyridine rings is 4. The van der Waals surface area contributed by atoms with E-state index >= 15 is 0 Å². The molecule has 6 heterocycles. The minimum atomic E-state index is 0.756. The topological polar surface area (TPSA) is 60.4 Å². The summed E-state index contributed by atoms with van der Waals surface area (Å²) in [6, 6.07) is 24.2. The standard InChI is InChI=1S/C29H20N6/c1-5-15-30-22(9-1)28-32-26(24-11-3-7-17-34(24)28)20-13-14-21(19-20)27-25-12-4-8-18-35(25)29(33-27)23-10-2-6-16-31-23/h1-18H,19H2. The molecule has 0 aromatic carbocycles. The maximum atomic E-state index is 5.05. The molecule has 0 spiro atoms. The predicted molar refractivity (Wildman–Crippen MR) is 137 cm³/mol. The average Bonchev–Trinajstić information content (AvgIpc) is 3.65. The normalized spacial score (nSPS) is 13.4. The number of imidazole rings is 2. The highest BCUT2D eigenvalue weighted by Gasteiger charge is 2.23. The van der Waals surface area contributed by atoms with E-state index in [0.29, 0.717) is 0 Å². The van der Waals surface area contributed by atoms with E-state index < -0.39 is 0 Å². The van der Waals surface area contributed by atoms with Crippen LogP contribution in [0.1, 0.15) is 17.8 Å². The van der Waals surface area contributed by atoms with E-state index in [1.54, 1.807) is 12.4 Å². The molecule has 6 aromatic rings. The van der Waals surface area contributed by atoms with Gasteiger partial charge in [0.25, 0.3) is 0 Å². The van der Waals surface area contributed by atoms with Crippen molar-refractivity contribution >= 4 is 22.2 Å². The molecule has 0 saturated carbocycles. The fourth-order valence-electron chi connectivity index (χ4n) is 4.75. The van der Waals surface area contributed by atoms with Gasteiger partial charge in [-0.1, -0.05) is 36.4 Å². The van der Waals surface area contributed by atoms with Gasteiger partial charge < -0.3 is 0 Å². The van der Waals surface area contributed by atoms with Crippen LogP contribution in [0.2, 0.25) is 0 Å². The second-order valence-corrected chi connectivity index (χ2v) is 8.47. The first-order chi connectivity index (χ1) is 17.4. The molecule has 7 rings (SSSR count). The third-order valence-corrected chi connectivity index (χ3v) is 6.36. The van der Waals surface area contributed by atoms with Gasteiger partial charge in [-0.05, 0) is 59.7 Å². The van der Waals surface area contributed by atoms with E-state index in [4.69, 9.17) is 9.97 Å². The molecule has 0 atom stereocenters. The summed E-state index contributed by atoms with van der Waals surface area (Å²) in [5, 5.41) is 0. The van der Waals surface area contributed by atoms with Crippen molar-refractivity contribution in [3.63, 3.8) is 0 Å². The maximum absolute atomic E-state index is 5.05. The van der Waals surface area contributed by atoms with Crippen molar-refractivity contribution in [3.8, 4) is 23.0 Å². The lowest BCUT2D eigenvalue weighted by molar-refractivity contribution is 1.13. The molecule has 0 N–H and O–H groups in total. The quantitative estimate of drug-likeness (QED) is 0.330. The molecule has 0 radical (unpaired) electrons. The van der Waals surface area contributed by atoms with E-state index in [1.807, 2.05) is 60.9 Å². The van der Waals surface area contributed by atoms with E-state index in [1.165, 1.54) is 11.1 Å². The first-order valence-corrected chi connectivity index (χ1v) is 11.5. The van der Waals surface area contributed by atoms with Crippen LogP contribution in [0, 0.1) is 0 Å². The van der Waals surface area contributed by atoms with Crippen LogP contribution in [-0.2, 0) is 0 Å². The fourth-order valence-corrected chi connectivity index (χ4v) is 4.75. The lowest BCUT2D eigenvalue weighted by atomic mass is 10.0. The SMILES string of the molecule is C1=C(c2nc(-c3ccccn3)n3ccccc23)CC(c2nc(-c3ccccn3)n3ccccc23)=C1. The average molecular weight is 453 g/mol.